The van der Waals surface area contributed by atoms with Gasteiger partial charge < -0.3 is 9.88 Å². The van der Waals surface area contributed by atoms with E-state index in [1.54, 1.807) is 13.2 Å². The number of nitrogens with zero attached hydrogens (tertiary/aromatic N) is 2. The molecule has 2 aromatic rings. The molecule has 118 valence electrons. The van der Waals surface area contributed by atoms with Gasteiger partial charge in [-0.3, -0.25) is 9.59 Å². The summed E-state index contributed by atoms with van der Waals surface area (Å²) in [4.78, 5) is 28.7. The Morgan fingerprint density at radius 3 is 2.57 bits per heavy atom. The first kappa shape index (κ1) is 16.8. The summed E-state index contributed by atoms with van der Waals surface area (Å²) in [5.41, 5.74) is 0.0331. The second-order valence-corrected chi connectivity index (χ2v) is 5.41. The van der Waals surface area contributed by atoms with Gasteiger partial charge in [0.2, 0.25) is 0 Å². The molecule has 0 spiro atoms. The average Bonchev–Trinajstić information content (AvgIpc) is 2.56. The number of carbonyl (C=O) groups excluding carboxylic acids is 1. The number of aromatic nitrogens is 1. The standard InChI is InChI=1S/C16H14FN3O2S/c1-3-20(12-6-4-11(17)5-7-12)16(22)13-8-10(9-18)15(23-2)19-14(13)21/h4-8H,3H2,1-2H3,(H,19,21). The highest BCUT2D eigenvalue weighted by molar-refractivity contribution is 7.98. The van der Waals surface area contributed by atoms with Crippen molar-refractivity contribution in [2.24, 2.45) is 0 Å². The number of aromatic amines is 1. The van der Waals surface area contributed by atoms with Gasteiger partial charge in [-0.1, -0.05) is 0 Å². The number of halogens is 1. The number of pyridine rings is 1. The molecular formula is C16H14FN3O2S. The molecule has 5 nitrogen and oxygen atoms in total. The Morgan fingerprint density at radius 1 is 1.39 bits per heavy atom. The summed E-state index contributed by atoms with van der Waals surface area (Å²) < 4.78 is 13.0. The number of benzene rings is 1. The Kier molecular flexibility index (Phi) is 5.19. The predicted octanol–water partition coefficient (Wildman–Crippen LogP) is 2.77. The maximum absolute atomic E-state index is 13.0. The molecule has 0 aliphatic rings. The third kappa shape index (κ3) is 3.43. The Labute approximate surface area is 136 Å². The van der Waals surface area contributed by atoms with Crippen LogP contribution in [0.4, 0.5) is 10.1 Å². The van der Waals surface area contributed by atoms with Gasteiger partial charge in [0.1, 0.15) is 17.4 Å². The number of nitriles is 1. The third-order valence-electron chi connectivity index (χ3n) is 3.26. The molecule has 0 saturated heterocycles. The van der Waals surface area contributed by atoms with Crippen LogP contribution in [0.3, 0.4) is 0 Å². The van der Waals surface area contributed by atoms with Crippen LogP contribution in [0.1, 0.15) is 22.8 Å². The number of carbonyl (C=O) groups is 1. The van der Waals surface area contributed by atoms with Gasteiger partial charge in [0.05, 0.1) is 10.6 Å². The normalized spacial score (nSPS) is 10.2. The minimum absolute atomic E-state index is 0.120. The van der Waals surface area contributed by atoms with E-state index in [2.05, 4.69) is 4.98 Å². The highest BCUT2D eigenvalue weighted by Crippen LogP contribution is 2.19. The second kappa shape index (κ2) is 7.11. The van der Waals surface area contributed by atoms with Crippen molar-refractivity contribution in [1.82, 2.24) is 4.98 Å². The lowest BCUT2D eigenvalue weighted by Crippen LogP contribution is -2.35. The molecule has 0 aliphatic carbocycles. The summed E-state index contributed by atoms with van der Waals surface area (Å²) in [6.45, 7) is 2.05. The minimum atomic E-state index is -0.557. The van der Waals surface area contributed by atoms with Crippen LogP contribution in [0.5, 0.6) is 0 Å². The summed E-state index contributed by atoms with van der Waals surface area (Å²) in [5.74, 6) is -0.948. The fourth-order valence-corrected chi connectivity index (χ4v) is 2.65. The minimum Gasteiger partial charge on any atom is -0.315 e. The highest BCUT2D eigenvalue weighted by Gasteiger charge is 2.21. The molecule has 7 heteroatoms. The van der Waals surface area contributed by atoms with E-state index < -0.39 is 17.3 Å². The quantitative estimate of drug-likeness (QED) is 0.874. The highest BCUT2D eigenvalue weighted by atomic mass is 32.2. The van der Waals surface area contributed by atoms with Gasteiger partial charge in [-0.15, -0.1) is 11.8 Å². The molecule has 23 heavy (non-hydrogen) atoms. The molecule has 0 aliphatic heterocycles. The van der Waals surface area contributed by atoms with Crippen molar-refractivity contribution in [3.8, 4) is 6.07 Å². The van der Waals surface area contributed by atoms with E-state index in [0.29, 0.717) is 17.3 Å². The zero-order valence-electron chi connectivity index (χ0n) is 12.6. The van der Waals surface area contributed by atoms with Gasteiger partial charge in [-0.2, -0.15) is 5.26 Å². The first-order chi connectivity index (χ1) is 11.0. The van der Waals surface area contributed by atoms with Gasteiger partial charge in [0, 0.05) is 12.2 Å². The summed E-state index contributed by atoms with van der Waals surface area (Å²) in [7, 11) is 0. The molecule has 0 fully saturated rings. The second-order valence-electron chi connectivity index (χ2n) is 4.60. The molecule has 1 N–H and O–H groups in total. The summed E-state index contributed by atoms with van der Waals surface area (Å²) in [6.07, 6.45) is 1.73. The number of nitrogens with one attached hydrogen (secondary N) is 1. The number of thioether (sulfide) groups is 1. The zero-order valence-corrected chi connectivity index (χ0v) is 13.4. The number of hydrogen-bond donors (Lipinski definition) is 1. The van der Waals surface area contributed by atoms with Crippen LogP contribution in [0.2, 0.25) is 0 Å². The van der Waals surface area contributed by atoms with Crippen LogP contribution >= 0.6 is 11.8 Å². The molecule has 0 unspecified atom stereocenters. The SMILES string of the molecule is CCN(C(=O)c1cc(C#N)c(SC)[nH]c1=O)c1ccc(F)cc1. The van der Waals surface area contributed by atoms with Gasteiger partial charge in [-0.25, -0.2) is 4.39 Å². The molecule has 1 aromatic heterocycles. The predicted molar refractivity (Wildman–Crippen MR) is 87.3 cm³/mol. The smallest absolute Gasteiger partial charge is 0.263 e. The topological polar surface area (TPSA) is 77.0 Å². The van der Waals surface area contributed by atoms with Gasteiger partial charge in [0.15, 0.2) is 0 Å². The first-order valence-electron chi connectivity index (χ1n) is 6.80. The monoisotopic (exact) mass is 331 g/mol. The van der Waals surface area contributed by atoms with Crippen LogP contribution in [-0.4, -0.2) is 23.7 Å². The maximum atomic E-state index is 13.0. The zero-order chi connectivity index (χ0) is 17.0. The number of hydrogen-bond acceptors (Lipinski definition) is 4. The number of rotatable bonds is 4. The lowest BCUT2D eigenvalue weighted by Gasteiger charge is -2.21. The van der Waals surface area contributed by atoms with Crippen molar-refractivity contribution in [2.75, 3.05) is 17.7 Å². The van der Waals surface area contributed by atoms with Crippen molar-refractivity contribution in [3.63, 3.8) is 0 Å². The van der Waals surface area contributed by atoms with Crippen LogP contribution in [0.15, 0.2) is 40.2 Å². The largest absolute Gasteiger partial charge is 0.315 e. The van der Waals surface area contributed by atoms with Crippen molar-refractivity contribution in [2.45, 2.75) is 11.9 Å². The molecule has 1 aromatic carbocycles. The Hall–Kier alpha value is -2.59. The molecule has 1 amide bonds. The molecule has 0 bridgehead atoms. The van der Waals surface area contributed by atoms with Crippen LogP contribution in [-0.2, 0) is 0 Å². The van der Waals surface area contributed by atoms with Crippen molar-refractivity contribution >= 4 is 23.4 Å². The molecule has 1 heterocycles. The van der Waals surface area contributed by atoms with Gasteiger partial charge >= 0.3 is 0 Å². The van der Waals surface area contributed by atoms with E-state index in [4.69, 9.17) is 5.26 Å². The van der Waals surface area contributed by atoms with Crippen LogP contribution in [0.25, 0.3) is 0 Å². The van der Waals surface area contributed by atoms with E-state index in [9.17, 15) is 14.0 Å². The molecular weight excluding hydrogens is 317 g/mol. The van der Waals surface area contributed by atoms with E-state index in [-0.39, 0.29) is 11.1 Å². The van der Waals surface area contributed by atoms with Crippen molar-refractivity contribution < 1.29 is 9.18 Å². The molecule has 2 rings (SSSR count). The van der Waals surface area contributed by atoms with Gasteiger partial charge in [-0.05, 0) is 43.5 Å². The fourth-order valence-electron chi connectivity index (χ4n) is 2.13. The van der Waals surface area contributed by atoms with Crippen LogP contribution < -0.4 is 10.5 Å². The lowest BCUT2D eigenvalue weighted by molar-refractivity contribution is 0.0986. The Bertz CT molecular complexity index is 825. The number of amides is 1. The summed E-state index contributed by atoms with van der Waals surface area (Å²) in [6, 6.07) is 8.67. The average molecular weight is 331 g/mol. The Balaban J connectivity index is 2.48. The molecule has 0 atom stereocenters. The maximum Gasteiger partial charge on any atom is 0.263 e. The molecule has 0 saturated carbocycles. The number of anilines is 1. The van der Waals surface area contributed by atoms with E-state index in [1.165, 1.54) is 47.0 Å². The van der Waals surface area contributed by atoms with E-state index >= 15 is 0 Å². The van der Waals surface area contributed by atoms with Gasteiger partial charge in [0.25, 0.3) is 11.5 Å². The summed E-state index contributed by atoms with van der Waals surface area (Å²) in [5, 5.41) is 9.55. The number of H-pyrrole nitrogens is 1. The lowest BCUT2D eigenvalue weighted by atomic mass is 10.1. The molecule has 0 radical (unpaired) electrons. The Morgan fingerprint density at radius 2 is 2.04 bits per heavy atom. The van der Waals surface area contributed by atoms with Crippen molar-refractivity contribution in [3.05, 3.63) is 57.6 Å². The fraction of sp³-hybridized carbons (Fsp3) is 0.188. The van der Waals surface area contributed by atoms with E-state index in [0.717, 1.165) is 0 Å². The van der Waals surface area contributed by atoms with Crippen LogP contribution in [0, 0.1) is 17.1 Å². The summed E-state index contributed by atoms with van der Waals surface area (Å²) >= 11 is 1.22. The first-order valence-corrected chi connectivity index (χ1v) is 8.03. The third-order valence-corrected chi connectivity index (χ3v) is 3.99. The van der Waals surface area contributed by atoms with Crippen molar-refractivity contribution in [1.29, 1.82) is 5.26 Å². The van der Waals surface area contributed by atoms with E-state index in [1.807, 2.05) is 6.07 Å².